The molecule has 2 fully saturated rings. The Bertz CT molecular complexity index is 246. The number of hydrogen-bond acceptors (Lipinski definition) is 3. The molecule has 1 saturated carbocycles. The first-order valence-electron chi connectivity index (χ1n) is 6.79. The molecule has 98 valence electrons. The highest BCUT2D eigenvalue weighted by Gasteiger charge is 2.23. The predicted octanol–water partition coefficient (Wildman–Crippen LogP) is 1.01. The van der Waals surface area contributed by atoms with Gasteiger partial charge in [0.05, 0.1) is 0 Å². The van der Waals surface area contributed by atoms with E-state index in [9.17, 15) is 4.79 Å². The van der Waals surface area contributed by atoms with E-state index in [1.807, 2.05) is 4.90 Å². The smallest absolute Gasteiger partial charge is 0.223 e. The maximum absolute atomic E-state index is 11.9. The van der Waals surface area contributed by atoms with Crippen LogP contribution in [-0.4, -0.2) is 50.2 Å². The van der Waals surface area contributed by atoms with E-state index < -0.39 is 0 Å². The molecule has 2 aliphatic rings. The van der Waals surface area contributed by atoms with Crippen molar-refractivity contribution in [3.05, 3.63) is 0 Å². The first-order valence-corrected chi connectivity index (χ1v) is 6.79. The van der Waals surface area contributed by atoms with Gasteiger partial charge in [-0.2, -0.15) is 0 Å². The van der Waals surface area contributed by atoms with E-state index >= 15 is 0 Å². The fourth-order valence-electron chi connectivity index (χ4n) is 2.41. The Labute approximate surface area is 104 Å². The topological polar surface area (TPSA) is 41.6 Å². The van der Waals surface area contributed by atoms with Crippen molar-refractivity contribution in [2.24, 2.45) is 5.92 Å². The number of carbonyl (C=O) groups excluding carboxylic acids is 1. The normalized spacial score (nSPS) is 21.8. The summed E-state index contributed by atoms with van der Waals surface area (Å²) in [4.78, 5) is 13.9. The molecule has 0 radical (unpaired) electrons. The van der Waals surface area contributed by atoms with E-state index in [1.54, 1.807) is 7.11 Å². The Morgan fingerprint density at radius 2 is 2.00 bits per heavy atom. The van der Waals surface area contributed by atoms with Gasteiger partial charge < -0.3 is 15.0 Å². The lowest BCUT2D eigenvalue weighted by molar-refractivity contribution is -0.132. The molecule has 4 nitrogen and oxygen atoms in total. The molecule has 1 amide bonds. The summed E-state index contributed by atoms with van der Waals surface area (Å²) in [5, 5.41) is 3.39. The van der Waals surface area contributed by atoms with Gasteiger partial charge in [-0.15, -0.1) is 0 Å². The summed E-state index contributed by atoms with van der Waals surface area (Å²) in [5.74, 6) is 0.961. The molecular weight excluding hydrogens is 216 g/mol. The van der Waals surface area contributed by atoms with Crippen molar-refractivity contribution < 1.29 is 9.53 Å². The number of nitrogens with one attached hydrogen (secondary N) is 1. The maximum atomic E-state index is 11.9. The van der Waals surface area contributed by atoms with Gasteiger partial charge in [-0.25, -0.2) is 0 Å². The summed E-state index contributed by atoms with van der Waals surface area (Å²) < 4.78 is 5.16. The van der Waals surface area contributed by atoms with Crippen LogP contribution in [0.1, 0.15) is 32.1 Å². The second-order valence-electron chi connectivity index (χ2n) is 5.26. The van der Waals surface area contributed by atoms with Gasteiger partial charge >= 0.3 is 0 Å². The van der Waals surface area contributed by atoms with Gasteiger partial charge in [0.15, 0.2) is 0 Å². The molecule has 0 aromatic heterocycles. The highest BCUT2D eigenvalue weighted by Crippen LogP contribution is 2.19. The lowest BCUT2D eigenvalue weighted by Gasteiger charge is -2.31. The molecule has 0 unspecified atom stereocenters. The molecule has 0 atom stereocenters. The number of hydrogen-bond donors (Lipinski definition) is 1. The lowest BCUT2D eigenvalue weighted by Crippen LogP contribution is -2.40. The van der Waals surface area contributed by atoms with Crippen LogP contribution in [0, 0.1) is 5.92 Å². The zero-order chi connectivity index (χ0) is 12.1. The minimum Gasteiger partial charge on any atom is -0.384 e. The quantitative estimate of drug-likeness (QED) is 0.753. The van der Waals surface area contributed by atoms with E-state index in [4.69, 9.17) is 4.74 Å². The van der Waals surface area contributed by atoms with E-state index in [2.05, 4.69) is 5.32 Å². The van der Waals surface area contributed by atoms with Gasteiger partial charge in [0.1, 0.15) is 0 Å². The second kappa shape index (κ2) is 6.36. The number of carbonyl (C=O) groups is 1. The highest BCUT2D eigenvalue weighted by molar-refractivity contribution is 5.76. The zero-order valence-electron chi connectivity index (χ0n) is 10.8. The van der Waals surface area contributed by atoms with Crippen LogP contribution in [0.5, 0.6) is 0 Å². The number of ether oxygens (including phenoxy) is 1. The average molecular weight is 240 g/mol. The molecule has 1 saturated heterocycles. The van der Waals surface area contributed by atoms with E-state index in [0.717, 1.165) is 39.1 Å². The highest BCUT2D eigenvalue weighted by atomic mass is 16.5. The molecule has 1 aliphatic carbocycles. The molecule has 4 heteroatoms. The SMILES string of the molecule is COCC1CCN(C(=O)CCNC2CC2)CC1. The van der Waals surface area contributed by atoms with Crippen molar-refractivity contribution >= 4 is 5.91 Å². The van der Waals surface area contributed by atoms with Crippen LogP contribution in [0.15, 0.2) is 0 Å². The number of nitrogens with zero attached hydrogens (tertiary/aromatic N) is 1. The molecule has 1 N–H and O–H groups in total. The second-order valence-corrected chi connectivity index (χ2v) is 5.26. The summed E-state index contributed by atoms with van der Waals surface area (Å²) in [6.07, 6.45) is 5.42. The van der Waals surface area contributed by atoms with Crippen molar-refractivity contribution in [2.75, 3.05) is 33.4 Å². The molecule has 2 rings (SSSR count). The van der Waals surface area contributed by atoms with E-state index in [1.165, 1.54) is 12.8 Å². The van der Waals surface area contributed by atoms with E-state index in [-0.39, 0.29) is 0 Å². The number of piperidine rings is 1. The fourth-order valence-corrected chi connectivity index (χ4v) is 2.41. The standard InChI is InChI=1S/C13H24N2O2/c1-17-10-11-5-8-15(9-6-11)13(16)4-7-14-12-2-3-12/h11-12,14H,2-10H2,1H3. The molecule has 0 bridgehead atoms. The third kappa shape index (κ3) is 4.28. The van der Waals surface area contributed by atoms with Crippen molar-refractivity contribution in [1.82, 2.24) is 10.2 Å². The minimum absolute atomic E-state index is 0.314. The largest absolute Gasteiger partial charge is 0.384 e. The van der Waals surface area contributed by atoms with Crippen LogP contribution in [0.25, 0.3) is 0 Å². The Hall–Kier alpha value is -0.610. The minimum atomic E-state index is 0.314. The number of rotatable bonds is 6. The molecule has 0 aromatic rings. The third-order valence-corrected chi connectivity index (χ3v) is 3.72. The van der Waals surface area contributed by atoms with Crippen molar-refractivity contribution in [3.8, 4) is 0 Å². The van der Waals surface area contributed by atoms with Crippen molar-refractivity contribution in [1.29, 1.82) is 0 Å². The number of likely N-dealkylation sites (tertiary alicyclic amines) is 1. The third-order valence-electron chi connectivity index (χ3n) is 3.72. The first-order chi connectivity index (χ1) is 8.29. The van der Waals surface area contributed by atoms with Crippen LogP contribution in [0.2, 0.25) is 0 Å². The fraction of sp³-hybridized carbons (Fsp3) is 0.923. The Balaban J connectivity index is 1.59. The van der Waals surface area contributed by atoms with Gasteiger partial charge in [0.25, 0.3) is 0 Å². The molecule has 1 aliphatic heterocycles. The molecule has 0 spiro atoms. The summed E-state index contributed by atoms with van der Waals surface area (Å²) >= 11 is 0. The molecule has 1 heterocycles. The van der Waals surface area contributed by atoms with Gasteiger partial charge in [0.2, 0.25) is 5.91 Å². The van der Waals surface area contributed by atoms with Gasteiger partial charge in [-0.05, 0) is 31.6 Å². The number of amides is 1. The van der Waals surface area contributed by atoms with Crippen molar-refractivity contribution in [2.45, 2.75) is 38.1 Å². The molecule has 17 heavy (non-hydrogen) atoms. The van der Waals surface area contributed by atoms with Crippen molar-refractivity contribution in [3.63, 3.8) is 0 Å². The lowest BCUT2D eigenvalue weighted by atomic mass is 9.97. The van der Waals surface area contributed by atoms with E-state index in [0.29, 0.717) is 24.3 Å². The first kappa shape index (κ1) is 12.8. The van der Waals surface area contributed by atoms with Gasteiger partial charge in [0, 0.05) is 45.8 Å². The van der Waals surface area contributed by atoms with Gasteiger partial charge in [-0.3, -0.25) is 4.79 Å². The average Bonchev–Trinajstić information content (AvgIpc) is 3.14. The number of methoxy groups -OCH3 is 1. The zero-order valence-corrected chi connectivity index (χ0v) is 10.8. The van der Waals surface area contributed by atoms with Gasteiger partial charge in [-0.1, -0.05) is 0 Å². The Morgan fingerprint density at radius 1 is 1.29 bits per heavy atom. The Morgan fingerprint density at radius 3 is 2.59 bits per heavy atom. The van der Waals surface area contributed by atoms with Crippen LogP contribution in [0.4, 0.5) is 0 Å². The summed E-state index contributed by atoms with van der Waals surface area (Å²) in [7, 11) is 1.75. The van der Waals surface area contributed by atoms with Crippen LogP contribution >= 0.6 is 0 Å². The monoisotopic (exact) mass is 240 g/mol. The summed E-state index contributed by atoms with van der Waals surface area (Å²) in [6.45, 7) is 3.51. The summed E-state index contributed by atoms with van der Waals surface area (Å²) in [6, 6.07) is 0.704. The predicted molar refractivity (Wildman–Crippen MR) is 66.8 cm³/mol. The van der Waals surface area contributed by atoms with Crippen LogP contribution in [0.3, 0.4) is 0 Å². The Kier molecular flexibility index (Phi) is 4.80. The molecular formula is C13H24N2O2. The maximum Gasteiger partial charge on any atom is 0.223 e. The molecule has 0 aromatic carbocycles. The van der Waals surface area contributed by atoms with Crippen LogP contribution in [-0.2, 0) is 9.53 Å². The van der Waals surface area contributed by atoms with Crippen LogP contribution < -0.4 is 5.32 Å². The summed E-state index contributed by atoms with van der Waals surface area (Å²) in [5.41, 5.74) is 0.